The average molecular weight is 1590 g/mol. The zero-order valence-corrected chi connectivity index (χ0v) is 73.7. The van der Waals surface area contributed by atoms with Gasteiger partial charge in [0.05, 0.1) is 26.4 Å². The van der Waals surface area contributed by atoms with Crippen LogP contribution in [-0.2, 0) is 65.4 Å². The summed E-state index contributed by atoms with van der Waals surface area (Å²) in [5.41, 5.74) is 0. The molecule has 0 aliphatic rings. The minimum absolute atomic E-state index is 0.109. The number of phosphoric acid groups is 2. The summed E-state index contributed by atoms with van der Waals surface area (Å²) >= 11 is 0. The summed E-state index contributed by atoms with van der Waals surface area (Å²) in [6, 6.07) is 0. The van der Waals surface area contributed by atoms with Crippen LogP contribution >= 0.6 is 15.6 Å². The molecule has 0 aliphatic heterocycles. The first-order chi connectivity index (χ1) is 52.9. The fourth-order valence-electron chi connectivity index (χ4n) is 14.1. The van der Waals surface area contributed by atoms with Crippen molar-refractivity contribution in [3.05, 3.63) is 0 Å². The summed E-state index contributed by atoms with van der Waals surface area (Å²) in [7, 11) is -9.93. The normalized spacial score (nSPS) is 13.8. The number of carbonyl (C=O) groups is 4. The predicted octanol–water partition coefficient (Wildman–Crippen LogP) is 27.8. The smallest absolute Gasteiger partial charge is 0.462 e. The highest BCUT2D eigenvalue weighted by atomic mass is 31.2. The number of hydrogen-bond donors (Lipinski definition) is 3. The number of aliphatic hydroxyl groups excluding tert-OH is 1. The number of hydrogen-bond acceptors (Lipinski definition) is 15. The molecule has 0 aromatic carbocycles. The molecule has 648 valence electrons. The van der Waals surface area contributed by atoms with Crippen molar-refractivity contribution < 1.29 is 80.2 Å². The number of aliphatic hydroxyl groups is 1. The minimum atomic E-state index is -4.97. The molecule has 3 N–H and O–H groups in total. The molecule has 0 saturated carbocycles. The van der Waals surface area contributed by atoms with Crippen LogP contribution in [0.15, 0.2) is 0 Å². The zero-order valence-electron chi connectivity index (χ0n) is 71.9. The molecule has 17 nitrogen and oxygen atoms in total. The van der Waals surface area contributed by atoms with Crippen molar-refractivity contribution in [2.45, 2.75) is 503 Å². The molecule has 0 aromatic rings. The van der Waals surface area contributed by atoms with E-state index in [-0.39, 0.29) is 25.7 Å². The van der Waals surface area contributed by atoms with Crippen molar-refractivity contribution in [2.75, 3.05) is 39.6 Å². The number of rotatable bonds is 89. The molecule has 2 unspecified atom stereocenters. The Morgan fingerprint density at radius 1 is 0.248 bits per heavy atom. The van der Waals surface area contributed by atoms with E-state index >= 15 is 0 Å². The molecular formula is C90H176O17P2. The molecule has 0 rings (SSSR count). The zero-order chi connectivity index (χ0) is 79.9. The highest BCUT2D eigenvalue weighted by Gasteiger charge is 2.31. The molecule has 0 aromatic heterocycles. The Morgan fingerprint density at radius 3 is 0.624 bits per heavy atom. The van der Waals surface area contributed by atoms with E-state index in [0.717, 1.165) is 102 Å². The summed E-state index contributed by atoms with van der Waals surface area (Å²) in [6.45, 7) is 9.77. The second kappa shape index (κ2) is 81.2. The molecule has 19 heteroatoms. The summed E-state index contributed by atoms with van der Waals surface area (Å²) in [4.78, 5) is 73.4. The van der Waals surface area contributed by atoms with E-state index in [1.807, 2.05) is 0 Å². The van der Waals surface area contributed by atoms with Gasteiger partial charge in [-0.05, 0) is 37.5 Å². The Morgan fingerprint density at radius 2 is 0.422 bits per heavy atom. The maximum absolute atomic E-state index is 13.2. The molecule has 0 amide bonds. The first-order valence-corrected chi connectivity index (χ1v) is 49.5. The van der Waals surface area contributed by atoms with Crippen LogP contribution in [-0.4, -0.2) is 96.7 Å². The lowest BCUT2D eigenvalue weighted by molar-refractivity contribution is -0.161. The summed E-state index contributed by atoms with van der Waals surface area (Å²) in [5.74, 6) is -0.451. The van der Waals surface area contributed by atoms with Crippen LogP contribution in [0.25, 0.3) is 0 Å². The van der Waals surface area contributed by atoms with Gasteiger partial charge in [-0.25, -0.2) is 9.13 Å². The quantitative estimate of drug-likeness (QED) is 0.0222. The Labute approximate surface area is 670 Å². The maximum atomic E-state index is 13.2. The van der Waals surface area contributed by atoms with Gasteiger partial charge in [-0.1, -0.05) is 433 Å². The lowest BCUT2D eigenvalue weighted by Crippen LogP contribution is -2.30. The van der Waals surface area contributed by atoms with Crippen LogP contribution in [0.2, 0.25) is 0 Å². The van der Waals surface area contributed by atoms with Crippen molar-refractivity contribution >= 4 is 39.5 Å². The topological polar surface area (TPSA) is 237 Å². The van der Waals surface area contributed by atoms with E-state index in [0.29, 0.717) is 25.7 Å². The summed E-state index contributed by atoms with van der Waals surface area (Å²) in [6.07, 6.45) is 75.0. The molecule has 0 heterocycles. The fourth-order valence-corrected chi connectivity index (χ4v) is 15.7. The van der Waals surface area contributed by atoms with Crippen molar-refractivity contribution in [1.82, 2.24) is 0 Å². The van der Waals surface area contributed by atoms with Crippen LogP contribution in [0.5, 0.6) is 0 Å². The van der Waals surface area contributed by atoms with Gasteiger partial charge in [-0.2, -0.15) is 0 Å². The summed E-state index contributed by atoms with van der Waals surface area (Å²) in [5, 5.41) is 10.7. The average Bonchev–Trinajstić information content (AvgIpc) is 0.901. The van der Waals surface area contributed by atoms with Crippen LogP contribution in [0, 0.1) is 11.8 Å². The molecule has 0 radical (unpaired) electrons. The van der Waals surface area contributed by atoms with Gasteiger partial charge in [0.15, 0.2) is 12.2 Å². The highest BCUT2D eigenvalue weighted by molar-refractivity contribution is 7.47. The highest BCUT2D eigenvalue weighted by Crippen LogP contribution is 2.45. The molecule has 0 spiro atoms. The third-order valence-electron chi connectivity index (χ3n) is 21.2. The number of ether oxygens (including phenoxy) is 4. The van der Waals surface area contributed by atoms with Crippen molar-refractivity contribution in [3.8, 4) is 0 Å². The van der Waals surface area contributed by atoms with Gasteiger partial charge in [-0.15, -0.1) is 0 Å². The van der Waals surface area contributed by atoms with Crippen molar-refractivity contribution in [1.29, 1.82) is 0 Å². The van der Waals surface area contributed by atoms with Crippen LogP contribution in [0.1, 0.15) is 485 Å². The van der Waals surface area contributed by atoms with E-state index in [2.05, 4.69) is 41.5 Å². The standard InChI is InChI=1S/C90H176O17P2/c1-7-9-11-13-15-17-19-21-30-38-44-50-56-62-68-74-89(94)106-85(78-100-87(92)72-66-60-54-48-42-20-18-16-14-12-10-8-2)80-104-108(96,97)102-76-84(91)77-103-109(98,99)105-81-86(107-90(95)75-69-63-57-51-45-39-34-29-25-23-27-32-36-41-47-53-59-65-71-83(5)6)79-101-88(93)73-67-61-55-49-43-37-33-28-24-22-26-31-35-40-46-52-58-64-70-82(3)4/h82-86,91H,7-81H2,1-6H3,(H,96,97)(H,98,99)/t84-,85+,86+/m0/s1. The second-order valence-corrected chi connectivity index (χ2v) is 36.2. The molecule has 0 aliphatic carbocycles. The lowest BCUT2D eigenvalue weighted by atomic mass is 10.0. The second-order valence-electron chi connectivity index (χ2n) is 33.3. The molecule has 5 atom stereocenters. The number of carbonyl (C=O) groups excluding carboxylic acids is 4. The van der Waals surface area contributed by atoms with Crippen LogP contribution in [0.4, 0.5) is 0 Å². The monoisotopic (exact) mass is 1590 g/mol. The largest absolute Gasteiger partial charge is 0.472 e. The SMILES string of the molecule is CCCCCCCCCCCCCCCCCC(=O)O[C@H](COC(=O)CCCCCCCCCCCCCC)COP(=O)(O)OC[C@H](O)COP(=O)(O)OC[C@@H](COC(=O)CCCCCCCCCCCCCCCCCCCCC(C)C)OC(=O)CCCCCCCCCCCCCCCCCCCCC(C)C. The number of phosphoric ester groups is 2. The molecule has 0 saturated heterocycles. The van der Waals surface area contributed by atoms with Gasteiger partial charge in [0.25, 0.3) is 0 Å². The van der Waals surface area contributed by atoms with E-state index in [9.17, 15) is 43.2 Å². The van der Waals surface area contributed by atoms with E-state index in [4.69, 9.17) is 37.0 Å². The van der Waals surface area contributed by atoms with E-state index in [1.165, 1.54) is 302 Å². The van der Waals surface area contributed by atoms with Crippen molar-refractivity contribution in [2.24, 2.45) is 11.8 Å². The first kappa shape index (κ1) is 107. The van der Waals surface area contributed by atoms with Gasteiger partial charge >= 0.3 is 39.5 Å². The third-order valence-corrected chi connectivity index (χ3v) is 23.1. The van der Waals surface area contributed by atoms with Gasteiger partial charge in [-0.3, -0.25) is 37.3 Å². The van der Waals surface area contributed by atoms with Crippen molar-refractivity contribution in [3.63, 3.8) is 0 Å². The first-order valence-electron chi connectivity index (χ1n) is 46.5. The fraction of sp³-hybridized carbons (Fsp3) is 0.956. The molecule has 0 bridgehead atoms. The third kappa shape index (κ3) is 83.8. The van der Waals surface area contributed by atoms with Gasteiger partial charge in [0.1, 0.15) is 19.3 Å². The molecule has 0 fully saturated rings. The van der Waals surface area contributed by atoms with E-state index < -0.39 is 97.5 Å². The maximum Gasteiger partial charge on any atom is 0.472 e. The Hall–Kier alpha value is -1.94. The predicted molar refractivity (Wildman–Crippen MR) is 451 cm³/mol. The van der Waals surface area contributed by atoms with Gasteiger partial charge < -0.3 is 33.8 Å². The van der Waals surface area contributed by atoms with E-state index in [1.54, 1.807) is 0 Å². The Bertz CT molecular complexity index is 2080. The van der Waals surface area contributed by atoms with Crippen LogP contribution < -0.4 is 0 Å². The number of unbranched alkanes of at least 4 members (excludes halogenated alkanes) is 59. The molecule has 109 heavy (non-hydrogen) atoms. The summed E-state index contributed by atoms with van der Waals surface area (Å²) < 4.78 is 69.0. The van der Waals surface area contributed by atoms with Crippen LogP contribution in [0.3, 0.4) is 0 Å². The van der Waals surface area contributed by atoms with Gasteiger partial charge in [0.2, 0.25) is 0 Å². The number of esters is 4. The minimum Gasteiger partial charge on any atom is -0.462 e. The Balaban J connectivity index is 5.24. The lowest BCUT2D eigenvalue weighted by Gasteiger charge is -2.21. The molecular weight excluding hydrogens is 1410 g/mol. The van der Waals surface area contributed by atoms with Gasteiger partial charge in [0, 0.05) is 25.7 Å². The Kier molecular flexibility index (Phi) is 79.8.